The predicted octanol–water partition coefficient (Wildman–Crippen LogP) is 7.75. The van der Waals surface area contributed by atoms with Crippen LogP contribution in [-0.2, 0) is 4.79 Å². The summed E-state index contributed by atoms with van der Waals surface area (Å²) in [5, 5.41) is 9.36. The van der Waals surface area contributed by atoms with Crippen molar-refractivity contribution in [3.8, 4) is 0 Å². The van der Waals surface area contributed by atoms with Crippen LogP contribution in [0.2, 0.25) is 0 Å². The second-order valence-corrected chi connectivity index (χ2v) is 7.56. The molecule has 0 radical (unpaired) electrons. The summed E-state index contributed by atoms with van der Waals surface area (Å²) in [4.78, 5) is 11.4. The number of carbonyl (C=O) groups is 1. The molecule has 1 N–H and O–H groups in total. The van der Waals surface area contributed by atoms with E-state index >= 15 is 0 Å². The normalized spacial score (nSPS) is 12.4. The zero-order valence-corrected chi connectivity index (χ0v) is 16.7. The van der Waals surface area contributed by atoms with Gasteiger partial charge in [0.15, 0.2) is 0 Å². The number of carboxylic acid groups (broad SMARTS) is 1. The fraction of sp³-hybridized carbons (Fsp3) is 0.955. The molecule has 0 saturated heterocycles. The predicted molar refractivity (Wildman–Crippen MR) is 106 cm³/mol. The van der Waals surface area contributed by atoms with Gasteiger partial charge in [-0.3, -0.25) is 4.79 Å². The number of rotatable bonds is 19. The average Bonchev–Trinajstić information content (AvgIpc) is 2.57. The van der Waals surface area contributed by atoms with Crippen molar-refractivity contribution in [1.29, 1.82) is 0 Å². The molecule has 0 aliphatic carbocycles. The van der Waals surface area contributed by atoms with Crippen LogP contribution in [0.15, 0.2) is 0 Å². The Hall–Kier alpha value is -0.530. The first-order valence-electron chi connectivity index (χ1n) is 10.9. The van der Waals surface area contributed by atoms with Crippen LogP contribution in [0.25, 0.3) is 0 Å². The van der Waals surface area contributed by atoms with E-state index in [1.54, 1.807) is 0 Å². The van der Waals surface area contributed by atoms with Crippen LogP contribution >= 0.6 is 0 Å². The van der Waals surface area contributed by atoms with Crippen LogP contribution in [0, 0.1) is 5.92 Å². The van der Waals surface area contributed by atoms with Gasteiger partial charge >= 0.3 is 5.97 Å². The van der Waals surface area contributed by atoms with Crippen molar-refractivity contribution in [3.63, 3.8) is 0 Å². The summed E-state index contributed by atoms with van der Waals surface area (Å²) >= 11 is 0. The second-order valence-electron chi connectivity index (χ2n) is 7.56. The Morgan fingerprint density at radius 3 is 1.17 bits per heavy atom. The fourth-order valence-corrected chi connectivity index (χ4v) is 3.44. The molecule has 0 amide bonds. The van der Waals surface area contributed by atoms with E-state index in [2.05, 4.69) is 13.8 Å². The highest BCUT2D eigenvalue weighted by molar-refractivity contribution is 5.69. The molecule has 144 valence electrons. The summed E-state index contributed by atoms with van der Waals surface area (Å²) in [6, 6.07) is 0. The fourth-order valence-electron chi connectivity index (χ4n) is 3.44. The van der Waals surface area contributed by atoms with E-state index in [0.717, 1.165) is 25.7 Å². The molecule has 0 aliphatic rings. The van der Waals surface area contributed by atoms with Crippen molar-refractivity contribution in [2.24, 2.45) is 5.92 Å². The van der Waals surface area contributed by atoms with Gasteiger partial charge in [-0.1, -0.05) is 117 Å². The summed E-state index contributed by atoms with van der Waals surface area (Å²) in [5.74, 6) is -0.662. The average molecular weight is 341 g/mol. The molecule has 0 heterocycles. The first-order chi connectivity index (χ1) is 11.7. The zero-order chi connectivity index (χ0) is 17.9. The summed E-state index contributed by atoms with van der Waals surface area (Å²) in [6.45, 7) is 4.49. The van der Waals surface area contributed by atoms with Crippen LogP contribution in [0.5, 0.6) is 0 Å². The molecule has 2 nitrogen and oxygen atoms in total. The second kappa shape index (κ2) is 18.8. The van der Waals surface area contributed by atoms with Gasteiger partial charge in [-0.25, -0.2) is 0 Å². The maximum absolute atomic E-state index is 11.4. The number of hydrogen-bond acceptors (Lipinski definition) is 1. The number of aliphatic carboxylic acids is 1. The van der Waals surface area contributed by atoms with E-state index in [-0.39, 0.29) is 5.92 Å². The Morgan fingerprint density at radius 2 is 0.875 bits per heavy atom. The van der Waals surface area contributed by atoms with Crippen molar-refractivity contribution in [1.82, 2.24) is 0 Å². The van der Waals surface area contributed by atoms with Gasteiger partial charge in [-0.15, -0.1) is 0 Å². The van der Waals surface area contributed by atoms with Crippen molar-refractivity contribution in [2.75, 3.05) is 0 Å². The molecule has 0 aromatic carbocycles. The van der Waals surface area contributed by atoms with E-state index < -0.39 is 5.97 Å². The minimum atomic E-state index is -0.570. The summed E-state index contributed by atoms with van der Waals surface area (Å²) in [5.41, 5.74) is 0. The SMILES string of the molecule is CCCCCCCCCCCCC(CCCCCCCC)C(=O)O. The molecule has 2 heteroatoms. The molecule has 0 saturated carbocycles. The van der Waals surface area contributed by atoms with Crippen LogP contribution in [-0.4, -0.2) is 11.1 Å². The molecular formula is C22H44O2. The largest absolute Gasteiger partial charge is 0.481 e. The molecule has 0 rings (SSSR count). The summed E-state index contributed by atoms with van der Waals surface area (Å²) in [6.07, 6.45) is 22.5. The molecule has 0 bridgehead atoms. The van der Waals surface area contributed by atoms with Gasteiger partial charge in [0.1, 0.15) is 0 Å². The lowest BCUT2D eigenvalue weighted by molar-refractivity contribution is -0.142. The van der Waals surface area contributed by atoms with Crippen LogP contribution in [0.1, 0.15) is 129 Å². The summed E-state index contributed by atoms with van der Waals surface area (Å²) < 4.78 is 0. The smallest absolute Gasteiger partial charge is 0.306 e. The maximum atomic E-state index is 11.4. The van der Waals surface area contributed by atoms with Crippen molar-refractivity contribution < 1.29 is 9.90 Å². The Bertz CT molecular complexity index is 263. The van der Waals surface area contributed by atoms with E-state index in [9.17, 15) is 9.90 Å². The highest BCUT2D eigenvalue weighted by atomic mass is 16.4. The minimum absolute atomic E-state index is 0.0924. The Labute approximate surface area is 151 Å². The van der Waals surface area contributed by atoms with Crippen LogP contribution in [0.4, 0.5) is 0 Å². The van der Waals surface area contributed by atoms with Gasteiger partial charge in [-0.2, -0.15) is 0 Å². The third-order valence-corrected chi connectivity index (χ3v) is 5.16. The Balaban J connectivity index is 3.46. The van der Waals surface area contributed by atoms with Gasteiger partial charge in [0.05, 0.1) is 5.92 Å². The minimum Gasteiger partial charge on any atom is -0.481 e. The van der Waals surface area contributed by atoms with Crippen molar-refractivity contribution in [3.05, 3.63) is 0 Å². The van der Waals surface area contributed by atoms with Crippen LogP contribution in [0.3, 0.4) is 0 Å². The lowest BCUT2D eigenvalue weighted by atomic mass is 9.94. The molecule has 0 aromatic heterocycles. The molecule has 0 fully saturated rings. The van der Waals surface area contributed by atoms with Crippen molar-refractivity contribution in [2.45, 2.75) is 129 Å². The van der Waals surface area contributed by atoms with Gasteiger partial charge in [-0.05, 0) is 12.8 Å². The monoisotopic (exact) mass is 340 g/mol. The molecule has 24 heavy (non-hydrogen) atoms. The van der Waals surface area contributed by atoms with Crippen LogP contribution < -0.4 is 0 Å². The summed E-state index contributed by atoms with van der Waals surface area (Å²) in [7, 11) is 0. The quantitative estimate of drug-likeness (QED) is 0.244. The topological polar surface area (TPSA) is 37.3 Å². The molecular weight excluding hydrogens is 296 g/mol. The van der Waals surface area contributed by atoms with Gasteiger partial charge < -0.3 is 5.11 Å². The highest BCUT2D eigenvalue weighted by Crippen LogP contribution is 2.19. The molecule has 0 aliphatic heterocycles. The standard InChI is InChI=1S/C22H44O2/c1-3-5-7-9-11-12-13-14-16-18-20-21(22(23)24)19-17-15-10-8-6-4-2/h21H,3-20H2,1-2H3,(H,23,24). The number of hydrogen-bond donors (Lipinski definition) is 1. The van der Waals surface area contributed by atoms with E-state index in [1.807, 2.05) is 0 Å². The van der Waals surface area contributed by atoms with Gasteiger partial charge in [0, 0.05) is 0 Å². The molecule has 0 spiro atoms. The van der Waals surface area contributed by atoms with E-state index in [1.165, 1.54) is 89.9 Å². The molecule has 1 unspecified atom stereocenters. The maximum Gasteiger partial charge on any atom is 0.306 e. The third kappa shape index (κ3) is 16.3. The highest BCUT2D eigenvalue weighted by Gasteiger charge is 2.16. The molecule has 0 aromatic rings. The van der Waals surface area contributed by atoms with Gasteiger partial charge in [0.25, 0.3) is 0 Å². The number of unbranched alkanes of at least 4 members (excludes halogenated alkanes) is 14. The Kier molecular flexibility index (Phi) is 18.4. The number of carboxylic acids is 1. The lowest BCUT2D eigenvalue weighted by Crippen LogP contribution is -2.13. The van der Waals surface area contributed by atoms with Crippen molar-refractivity contribution >= 4 is 5.97 Å². The lowest BCUT2D eigenvalue weighted by Gasteiger charge is -2.12. The zero-order valence-electron chi connectivity index (χ0n) is 16.7. The molecule has 1 atom stereocenters. The Morgan fingerprint density at radius 1 is 0.583 bits per heavy atom. The first kappa shape index (κ1) is 23.5. The van der Waals surface area contributed by atoms with Gasteiger partial charge in [0.2, 0.25) is 0 Å². The van der Waals surface area contributed by atoms with E-state index in [4.69, 9.17) is 0 Å². The third-order valence-electron chi connectivity index (χ3n) is 5.16. The van der Waals surface area contributed by atoms with E-state index in [0.29, 0.717) is 0 Å². The first-order valence-corrected chi connectivity index (χ1v) is 10.9.